The van der Waals surface area contributed by atoms with Crippen LogP contribution in [0.1, 0.15) is 30.6 Å². The summed E-state index contributed by atoms with van der Waals surface area (Å²) in [6, 6.07) is 8.47. The molecule has 0 aromatic heterocycles. The van der Waals surface area contributed by atoms with Crippen molar-refractivity contribution in [3.63, 3.8) is 0 Å². The van der Waals surface area contributed by atoms with Crippen molar-refractivity contribution in [3.8, 4) is 28.7 Å². The second kappa shape index (κ2) is 7.26. The van der Waals surface area contributed by atoms with Gasteiger partial charge in [-0.05, 0) is 24.3 Å². The van der Waals surface area contributed by atoms with Gasteiger partial charge in [0.1, 0.15) is 0 Å². The minimum absolute atomic E-state index is 0.314. The number of nitrogens with one attached hydrogen (secondary N) is 1. The Kier molecular flexibility index (Phi) is 5.03. The number of benzene rings is 2. The minimum Gasteiger partial charge on any atom is -0.493 e. The number of anilines is 1. The fraction of sp³-hybridized carbons (Fsp3) is 0.350. The van der Waals surface area contributed by atoms with E-state index < -0.39 is 5.79 Å². The highest BCUT2D eigenvalue weighted by Gasteiger charge is 2.35. The highest BCUT2D eigenvalue weighted by molar-refractivity contribution is 6.05. The molecule has 0 radical (unpaired) electrons. The van der Waals surface area contributed by atoms with Crippen molar-refractivity contribution in [2.24, 2.45) is 0 Å². The maximum atomic E-state index is 12.7. The Morgan fingerprint density at radius 3 is 2.19 bits per heavy atom. The van der Waals surface area contributed by atoms with Crippen LogP contribution in [0.5, 0.6) is 28.7 Å². The van der Waals surface area contributed by atoms with Crippen LogP contribution in [0.25, 0.3) is 0 Å². The van der Waals surface area contributed by atoms with E-state index in [1.807, 2.05) is 13.8 Å². The molecule has 1 amide bonds. The summed E-state index contributed by atoms with van der Waals surface area (Å²) in [4.78, 5) is 12.7. The topological polar surface area (TPSA) is 75.3 Å². The van der Waals surface area contributed by atoms with Gasteiger partial charge in [-0.25, -0.2) is 0 Å². The highest BCUT2D eigenvalue weighted by Crippen LogP contribution is 2.42. The fourth-order valence-corrected chi connectivity index (χ4v) is 2.80. The molecule has 0 bridgehead atoms. The average Bonchev–Trinajstić information content (AvgIpc) is 3.02. The lowest BCUT2D eigenvalue weighted by Gasteiger charge is -2.20. The van der Waals surface area contributed by atoms with Crippen LogP contribution >= 0.6 is 0 Å². The molecule has 7 nitrogen and oxygen atoms in total. The maximum absolute atomic E-state index is 12.7. The largest absolute Gasteiger partial charge is 0.493 e. The molecular formula is C20H23NO6. The molecule has 7 heteroatoms. The van der Waals surface area contributed by atoms with Crippen LogP contribution in [-0.2, 0) is 0 Å². The lowest BCUT2D eigenvalue weighted by molar-refractivity contribution is -0.0640. The monoisotopic (exact) mass is 373 g/mol. The molecule has 3 rings (SSSR count). The summed E-state index contributed by atoms with van der Waals surface area (Å²) in [5, 5.41) is 2.85. The smallest absolute Gasteiger partial charge is 0.255 e. The van der Waals surface area contributed by atoms with Gasteiger partial charge >= 0.3 is 0 Å². The van der Waals surface area contributed by atoms with Gasteiger partial charge in [-0.3, -0.25) is 4.79 Å². The zero-order valence-electron chi connectivity index (χ0n) is 16.0. The van der Waals surface area contributed by atoms with Gasteiger partial charge in [0.15, 0.2) is 23.0 Å². The molecule has 1 aliphatic heterocycles. The van der Waals surface area contributed by atoms with E-state index in [2.05, 4.69) is 5.32 Å². The minimum atomic E-state index is -0.679. The molecule has 0 spiro atoms. The third kappa shape index (κ3) is 3.58. The summed E-state index contributed by atoms with van der Waals surface area (Å²) >= 11 is 0. The number of hydrogen-bond donors (Lipinski definition) is 1. The van der Waals surface area contributed by atoms with Crippen LogP contribution in [0, 0.1) is 0 Å². The number of ether oxygens (including phenoxy) is 5. The first-order valence-corrected chi connectivity index (χ1v) is 8.56. The number of carbonyl (C=O) groups excluding carboxylic acids is 1. The lowest BCUT2D eigenvalue weighted by atomic mass is 10.1. The Bertz CT molecular complexity index is 841. The van der Waals surface area contributed by atoms with E-state index >= 15 is 0 Å². The van der Waals surface area contributed by atoms with E-state index in [0.717, 1.165) is 0 Å². The first-order chi connectivity index (χ1) is 12.9. The second-order valence-electron chi connectivity index (χ2n) is 6.22. The number of hydrogen-bond acceptors (Lipinski definition) is 6. The normalized spacial score (nSPS) is 17.4. The first kappa shape index (κ1) is 18.7. The predicted octanol–water partition coefficient (Wildman–Crippen LogP) is 3.86. The molecule has 0 saturated carbocycles. The zero-order chi connectivity index (χ0) is 19.6. The van der Waals surface area contributed by atoms with Crippen molar-refractivity contribution < 1.29 is 28.5 Å². The molecule has 144 valence electrons. The van der Waals surface area contributed by atoms with Crippen LogP contribution in [0.2, 0.25) is 0 Å². The molecule has 1 atom stereocenters. The SMILES string of the molecule is CC[C@]1(C)Oc2ccc(NC(=O)c3cc(OC)c(OC)c(OC)c3)cc2O1. The molecule has 2 aromatic carbocycles. The third-order valence-corrected chi connectivity index (χ3v) is 4.42. The van der Waals surface area contributed by atoms with Crippen molar-refractivity contribution in [2.75, 3.05) is 26.6 Å². The summed E-state index contributed by atoms with van der Waals surface area (Å²) in [7, 11) is 4.51. The molecule has 27 heavy (non-hydrogen) atoms. The van der Waals surface area contributed by atoms with Gasteiger partial charge in [0.2, 0.25) is 11.5 Å². The molecule has 0 unspecified atom stereocenters. The number of rotatable bonds is 6. The summed E-state index contributed by atoms with van der Waals surface area (Å²) in [5.74, 6) is 1.51. The molecule has 1 heterocycles. The van der Waals surface area contributed by atoms with Crippen molar-refractivity contribution >= 4 is 11.6 Å². The molecule has 0 aliphatic carbocycles. The van der Waals surface area contributed by atoms with Crippen LogP contribution in [-0.4, -0.2) is 33.0 Å². The Hall–Kier alpha value is -3.09. The number of carbonyl (C=O) groups is 1. The Morgan fingerprint density at radius 2 is 1.63 bits per heavy atom. The van der Waals surface area contributed by atoms with Crippen molar-refractivity contribution in [1.29, 1.82) is 0 Å². The van der Waals surface area contributed by atoms with Crippen molar-refractivity contribution in [2.45, 2.75) is 26.1 Å². The number of methoxy groups -OCH3 is 3. The quantitative estimate of drug-likeness (QED) is 0.829. The van der Waals surface area contributed by atoms with E-state index in [9.17, 15) is 4.79 Å². The number of fused-ring (bicyclic) bond motifs is 1. The molecule has 1 N–H and O–H groups in total. The van der Waals surface area contributed by atoms with Gasteiger partial charge in [0.05, 0.1) is 21.3 Å². The number of amides is 1. The predicted molar refractivity (Wildman–Crippen MR) is 100 cm³/mol. The molecule has 1 aliphatic rings. The van der Waals surface area contributed by atoms with Gasteiger partial charge in [0.25, 0.3) is 5.91 Å². The van der Waals surface area contributed by atoms with Crippen LogP contribution in [0.4, 0.5) is 5.69 Å². The maximum Gasteiger partial charge on any atom is 0.255 e. The molecular weight excluding hydrogens is 350 g/mol. The summed E-state index contributed by atoms with van der Waals surface area (Å²) in [6.45, 7) is 3.86. The molecule has 2 aromatic rings. The Labute approximate surface area is 158 Å². The van der Waals surface area contributed by atoms with E-state index in [0.29, 0.717) is 46.4 Å². The zero-order valence-corrected chi connectivity index (χ0v) is 16.0. The van der Waals surface area contributed by atoms with E-state index in [-0.39, 0.29) is 5.91 Å². The first-order valence-electron chi connectivity index (χ1n) is 8.56. The molecule has 0 saturated heterocycles. The second-order valence-corrected chi connectivity index (χ2v) is 6.22. The van der Waals surface area contributed by atoms with Gasteiger partial charge in [0, 0.05) is 30.7 Å². The van der Waals surface area contributed by atoms with Crippen molar-refractivity contribution in [3.05, 3.63) is 35.9 Å². The van der Waals surface area contributed by atoms with Crippen LogP contribution in [0.3, 0.4) is 0 Å². The Morgan fingerprint density at radius 1 is 1.00 bits per heavy atom. The average molecular weight is 373 g/mol. The van der Waals surface area contributed by atoms with Crippen molar-refractivity contribution in [1.82, 2.24) is 0 Å². The summed E-state index contributed by atoms with van der Waals surface area (Å²) in [6.07, 6.45) is 0.703. The fourth-order valence-electron chi connectivity index (χ4n) is 2.80. The molecule has 0 fully saturated rings. The highest BCUT2D eigenvalue weighted by atomic mass is 16.7. The van der Waals surface area contributed by atoms with Crippen LogP contribution in [0.15, 0.2) is 30.3 Å². The van der Waals surface area contributed by atoms with Gasteiger partial charge in [-0.2, -0.15) is 0 Å². The Balaban J connectivity index is 1.84. The lowest BCUT2D eigenvalue weighted by Crippen LogP contribution is -2.33. The summed E-state index contributed by atoms with van der Waals surface area (Å²) < 4.78 is 27.5. The standard InChI is InChI=1S/C20H23NO6/c1-6-20(2)26-14-8-7-13(11-15(14)27-20)21-19(22)12-9-16(23-3)18(25-5)17(10-12)24-4/h7-11H,6H2,1-5H3,(H,21,22)/t20-/m1/s1. The van der Waals surface area contributed by atoms with Crippen LogP contribution < -0.4 is 29.0 Å². The van der Waals surface area contributed by atoms with E-state index in [4.69, 9.17) is 23.7 Å². The van der Waals surface area contributed by atoms with E-state index in [1.165, 1.54) is 21.3 Å². The van der Waals surface area contributed by atoms with Gasteiger partial charge < -0.3 is 29.0 Å². The van der Waals surface area contributed by atoms with Gasteiger partial charge in [-0.15, -0.1) is 0 Å². The summed E-state index contributed by atoms with van der Waals surface area (Å²) in [5.41, 5.74) is 0.969. The van der Waals surface area contributed by atoms with Gasteiger partial charge in [-0.1, -0.05) is 6.92 Å². The van der Waals surface area contributed by atoms with E-state index in [1.54, 1.807) is 30.3 Å². The third-order valence-electron chi connectivity index (χ3n) is 4.42.